The molecule has 4 nitrogen and oxygen atoms in total. The van der Waals surface area contributed by atoms with Crippen molar-refractivity contribution >= 4 is 5.91 Å². The minimum atomic E-state index is -0.0508. The van der Waals surface area contributed by atoms with Crippen LogP contribution in [0, 0.1) is 5.41 Å². The fourth-order valence-corrected chi connectivity index (χ4v) is 1.72. The van der Waals surface area contributed by atoms with E-state index in [2.05, 4.69) is 24.2 Å². The van der Waals surface area contributed by atoms with E-state index in [9.17, 15) is 4.79 Å². The number of amides is 1. The highest BCUT2D eigenvalue weighted by atomic mass is 16.1. The summed E-state index contributed by atoms with van der Waals surface area (Å²) in [6.07, 6.45) is 2.29. The first kappa shape index (κ1) is 11.5. The predicted molar refractivity (Wildman–Crippen MR) is 56.9 cm³/mol. The van der Waals surface area contributed by atoms with Crippen molar-refractivity contribution < 1.29 is 4.79 Å². The summed E-state index contributed by atoms with van der Waals surface area (Å²) in [6, 6.07) is 0. The largest absolute Gasteiger partial charge is 0.354 e. The van der Waals surface area contributed by atoms with Gasteiger partial charge in [-0.15, -0.1) is 0 Å². The zero-order chi connectivity index (χ0) is 10.6. The molecule has 1 aliphatic heterocycles. The Morgan fingerprint density at radius 1 is 1.50 bits per heavy atom. The van der Waals surface area contributed by atoms with Gasteiger partial charge in [-0.3, -0.25) is 4.79 Å². The van der Waals surface area contributed by atoms with Crippen LogP contribution in [0.5, 0.6) is 0 Å². The van der Waals surface area contributed by atoms with Gasteiger partial charge < -0.3 is 16.0 Å². The molecule has 0 aromatic rings. The Hall–Kier alpha value is -0.610. The number of hydrogen-bond acceptors (Lipinski definition) is 3. The molecule has 0 unspecified atom stereocenters. The highest BCUT2D eigenvalue weighted by molar-refractivity contribution is 5.77. The van der Waals surface area contributed by atoms with Crippen molar-refractivity contribution in [2.24, 2.45) is 11.1 Å². The van der Waals surface area contributed by atoms with E-state index < -0.39 is 0 Å². The van der Waals surface area contributed by atoms with Crippen LogP contribution in [0.2, 0.25) is 0 Å². The molecule has 3 N–H and O–H groups in total. The number of hydrogen-bond donors (Lipinski definition) is 2. The molecule has 0 spiro atoms. The minimum Gasteiger partial charge on any atom is -0.354 e. The molecule has 0 saturated carbocycles. The Balaban J connectivity index is 2.31. The zero-order valence-electron chi connectivity index (χ0n) is 9.18. The summed E-state index contributed by atoms with van der Waals surface area (Å²) < 4.78 is 0. The summed E-state index contributed by atoms with van der Waals surface area (Å²) in [5, 5.41) is 2.87. The van der Waals surface area contributed by atoms with Gasteiger partial charge in [0.25, 0.3) is 0 Å². The maximum Gasteiger partial charge on any atom is 0.233 e. The van der Waals surface area contributed by atoms with E-state index in [0.29, 0.717) is 0 Å². The fraction of sp³-hybridized carbons (Fsp3) is 0.900. The maximum absolute atomic E-state index is 11.0. The average Bonchev–Trinajstić information content (AvgIpc) is 2.20. The molecule has 0 aromatic heterocycles. The lowest BCUT2D eigenvalue weighted by Gasteiger charge is -2.37. The molecule has 1 heterocycles. The van der Waals surface area contributed by atoms with Crippen molar-refractivity contribution in [2.75, 3.05) is 33.2 Å². The summed E-state index contributed by atoms with van der Waals surface area (Å²) in [5.74, 6) is -0.0508. The second-order valence-electron chi connectivity index (χ2n) is 4.59. The molecule has 1 aliphatic rings. The SMILES string of the molecule is CN1CCC(C)(CNC(=O)CN)CC1. The van der Waals surface area contributed by atoms with Crippen LogP contribution < -0.4 is 11.1 Å². The standard InChI is InChI=1S/C10H21N3O/c1-10(8-12-9(14)7-11)3-5-13(2)6-4-10/h3-8,11H2,1-2H3,(H,12,14). The molecule has 0 atom stereocenters. The summed E-state index contributed by atoms with van der Waals surface area (Å²) in [4.78, 5) is 13.3. The highest BCUT2D eigenvalue weighted by Gasteiger charge is 2.28. The number of nitrogens with one attached hydrogen (secondary N) is 1. The van der Waals surface area contributed by atoms with Crippen LogP contribution >= 0.6 is 0 Å². The molecule has 1 fully saturated rings. The monoisotopic (exact) mass is 199 g/mol. The van der Waals surface area contributed by atoms with E-state index in [-0.39, 0.29) is 17.9 Å². The van der Waals surface area contributed by atoms with E-state index in [1.807, 2.05) is 0 Å². The van der Waals surface area contributed by atoms with Crippen LogP contribution in [-0.2, 0) is 4.79 Å². The molecular formula is C10H21N3O. The third-order valence-electron chi connectivity index (χ3n) is 3.09. The number of nitrogens with zero attached hydrogens (tertiary/aromatic N) is 1. The lowest BCUT2D eigenvalue weighted by Crippen LogP contribution is -2.44. The Kier molecular flexibility index (Phi) is 3.89. The number of piperidine rings is 1. The maximum atomic E-state index is 11.0. The summed E-state index contributed by atoms with van der Waals surface area (Å²) in [6.45, 7) is 5.33. The predicted octanol–water partition coefficient (Wildman–Crippen LogP) is -0.207. The van der Waals surface area contributed by atoms with Crippen LogP contribution in [0.15, 0.2) is 0 Å². The van der Waals surface area contributed by atoms with E-state index in [1.165, 1.54) is 0 Å². The van der Waals surface area contributed by atoms with Gasteiger partial charge in [0.1, 0.15) is 0 Å². The van der Waals surface area contributed by atoms with Crippen LogP contribution in [0.4, 0.5) is 0 Å². The van der Waals surface area contributed by atoms with Crippen molar-refractivity contribution in [1.82, 2.24) is 10.2 Å². The van der Waals surface area contributed by atoms with Gasteiger partial charge in [-0.05, 0) is 38.4 Å². The Morgan fingerprint density at radius 3 is 2.57 bits per heavy atom. The van der Waals surface area contributed by atoms with Gasteiger partial charge in [0.15, 0.2) is 0 Å². The second kappa shape index (κ2) is 4.75. The third-order valence-corrected chi connectivity index (χ3v) is 3.09. The van der Waals surface area contributed by atoms with Gasteiger partial charge in [-0.25, -0.2) is 0 Å². The topological polar surface area (TPSA) is 58.4 Å². The van der Waals surface area contributed by atoms with E-state index in [1.54, 1.807) is 0 Å². The average molecular weight is 199 g/mol. The molecule has 0 aliphatic carbocycles. The molecule has 1 saturated heterocycles. The van der Waals surface area contributed by atoms with Gasteiger partial charge in [0, 0.05) is 6.54 Å². The number of rotatable bonds is 3. The number of nitrogens with two attached hydrogens (primary N) is 1. The quantitative estimate of drug-likeness (QED) is 0.661. The van der Waals surface area contributed by atoms with Crippen molar-refractivity contribution in [3.8, 4) is 0 Å². The molecule has 82 valence electrons. The fourth-order valence-electron chi connectivity index (χ4n) is 1.72. The molecule has 14 heavy (non-hydrogen) atoms. The van der Waals surface area contributed by atoms with Gasteiger partial charge >= 0.3 is 0 Å². The summed E-state index contributed by atoms with van der Waals surface area (Å²) in [5.41, 5.74) is 5.49. The summed E-state index contributed by atoms with van der Waals surface area (Å²) in [7, 11) is 2.14. The number of likely N-dealkylation sites (tertiary alicyclic amines) is 1. The molecule has 1 rings (SSSR count). The van der Waals surface area contributed by atoms with Gasteiger partial charge in [0.2, 0.25) is 5.91 Å². The molecule has 1 amide bonds. The normalized spacial score (nSPS) is 21.9. The minimum absolute atomic E-state index is 0.0508. The van der Waals surface area contributed by atoms with Crippen LogP contribution in [0.3, 0.4) is 0 Å². The Morgan fingerprint density at radius 2 is 2.07 bits per heavy atom. The van der Waals surface area contributed by atoms with E-state index in [4.69, 9.17) is 5.73 Å². The zero-order valence-corrected chi connectivity index (χ0v) is 9.18. The van der Waals surface area contributed by atoms with Gasteiger partial charge in [-0.2, -0.15) is 0 Å². The van der Waals surface area contributed by atoms with Crippen LogP contribution in [0.25, 0.3) is 0 Å². The smallest absolute Gasteiger partial charge is 0.233 e. The van der Waals surface area contributed by atoms with Crippen LogP contribution in [-0.4, -0.2) is 44.0 Å². The van der Waals surface area contributed by atoms with Crippen molar-refractivity contribution in [1.29, 1.82) is 0 Å². The lowest BCUT2D eigenvalue weighted by molar-refractivity contribution is -0.120. The third kappa shape index (κ3) is 3.27. The number of carbonyl (C=O) groups is 1. The first-order valence-electron chi connectivity index (χ1n) is 5.21. The molecule has 0 aromatic carbocycles. The lowest BCUT2D eigenvalue weighted by atomic mass is 9.80. The highest BCUT2D eigenvalue weighted by Crippen LogP contribution is 2.29. The Labute approximate surface area is 85.8 Å². The van der Waals surface area contributed by atoms with Gasteiger partial charge in [0.05, 0.1) is 6.54 Å². The Bertz CT molecular complexity index is 198. The molecular weight excluding hydrogens is 178 g/mol. The van der Waals surface area contributed by atoms with Crippen molar-refractivity contribution in [2.45, 2.75) is 19.8 Å². The van der Waals surface area contributed by atoms with Crippen LogP contribution in [0.1, 0.15) is 19.8 Å². The summed E-state index contributed by atoms with van der Waals surface area (Å²) >= 11 is 0. The second-order valence-corrected chi connectivity index (χ2v) is 4.59. The van der Waals surface area contributed by atoms with E-state index in [0.717, 1.165) is 32.5 Å². The first-order chi connectivity index (χ1) is 6.56. The molecule has 0 bridgehead atoms. The first-order valence-corrected chi connectivity index (χ1v) is 5.21. The molecule has 4 heteroatoms. The molecule has 0 radical (unpaired) electrons. The number of carbonyl (C=O) groups excluding carboxylic acids is 1. The van der Waals surface area contributed by atoms with E-state index >= 15 is 0 Å². The van der Waals surface area contributed by atoms with Crippen molar-refractivity contribution in [3.63, 3.8) is 0 Å². The van der Waals surface area contributed by atoms with Gasteiger partial charge in [-0.1, -0.05) is 6.92 Å². The van der Waals surface area contributed by atoms with Crippen molar-refractivity contribution in [3.05, 3.63) is 0 Å².